The minimum atomic E-state index is -0.212. The highest BCUT2D eigenvalue weighted by Crippen LogP contribution is 2.29. The number of halogens is 1. The Kier molecular flexibility index (Phi) is 7.92. The molecule has 0 bridgehead atoms. The second-order valence-electron chi connectivity index (χ2n) is 6.30. The van der Waals surface area contributed by atoms with Crippen LogP contribution < -0.4 is 19.5 Å². The zero-order valence-electron chi connectivity index (χ0n) is 16.6. The number of benzene rings is 2. The van der Waals surface area contributed by atoms with Crippen molar-refractivity contribution in [2.24, 2.45) is 0 Å². The van der Waals surface area contributed by atoms with Crippen molar-refractivity contribution in [2.75, 3.05) is 19.8 Å². The van der Waals surface area contributed by atoms with E-state index in [0.717, 1.165) is 5.56 Å². The molecule has 1 aromatic heterocycles. The summed E-state index contributed by atoms with van der Waals surface area (Å²) >= 11 is 5.85. The predicted octanol–water partition coefficient (Wildman–Crippen LogP) is 4.52. The average molecular weight is 427 g/mol. The van der Waals surface area contributed by atoms with Crippen molar-refractivity contribution < 1.29 is 19.0 Å². The van der Waals surface area contributed by atoms with E-state index in [2.05, 4.69) is 10.3 Å². The molecule has 7 heteroatoms. The molecule has 0 atom stereocenters. The lowest BCUT2D eigenvalue weighted by Gasteiger charge is -2.14. The maximum atomic E-state index is 12.5. The predicted molar refractivity (Wildman–Crippen MR) is 115 cm³/mol. The summed E-state index contributed by atoms with van der Waals surface area (Å²) in [5, 5.41) is 3.48. The normalized spacial score (nSPS) is 10.3. The summed E-state index contributed by atoms with van der Waals surface area (Å²) in [7, 11) is 0. The fraction of sp³-hybridized carbons (Fsp3) is 0.217. The van der Waals surface area contributed by atoms with Crippen molar-refractivity contribution >= 4 is 17.5 Å². The smallest absolute Gasteiger partial charge is 0.251 e. The third-order valence-electron chi connectivity index (χ3n) is 4.12. The summed E-state index contributed by atoms with van der Waals surface area (Å²) in [5.41, 5.74) is 1.48. The molecule has 0 fully saturated rings. The summed E-state index contributed by atoms with van der Waals surface area (Å²) in [4.78, 5) is 16.5. The van der Waals surface area contributed by atoms with E-state index in [4.69, 9.17) is 25.8 Å². The Morgan fingerprint density at radius 3 is 2.47 bits per heavy atom. The molecule has 0 saturated heterocycles. The van der Waals surface area contributed by atoms with E-state index in [-0.39, 0.29) is 5.91 Å². The number of pyridine rings is 1. The monoisotopic (exact) mass is 426 g/mol. The molecule has 1 heterocycles. The Labute approximate surface area is 180 Å². The largest absolute Gasteiger partial charge is 0.492 e. The van der Waals surface area contributed by atoms with E-state index < -0.39 is 0 Å². The molecule has 0 spiro atoms. The van der Waals surface area contributed by atoms with Gasteiger partial charge in [0, 0.05) is 23.0 Å². The lowest BCUT2D eigenvalue weighted by molar-refractivity contribution is 0.0946. The lowest BCUT2D eigenvalue weighted by atomic mass is 10.2. The van der Waals surface area contributed by atoms with Crippen LogP contribution in [0.2, 0.25) is 5.02 Å². The van der Waals surface area contributed by atoms with Crippen LogP contribution >= 0.6 is 11.6 Å². The van der Waals surface area contributed by atoms with E-state index in [1.807, 2.05) is 19.1 Å². The topological polar surface area (TPSA) is 69.7 Å². The van der Waals surface area contributed by atoms with E-state index in [1.165, 1.54) is 0 Å². The summed E-state index contributed by atoms with van der Waals surface area (Å²) < 4.78 is 17.1. The molecule has 156 valence electrons. The number of amides is 1. The van der Waals surface area contributed by atoms with Gasteiger partial charge >= 0.3 is 0 Å². The van der Waals surface area contributed by atoms with Gasteiger partial charge in [-0.25, -0.2) is 0 Å². The molecular formula is C23H23ClN2O4. The van der Waals surface area contributed by atoms with Crippen molar-refractivity contribution in [1.29, 1.82) is 0 Å². The minimum absolute atomic E-state index is 0.212. The van der Waals surface area contributed by atoms with Crippen LogP contribution in [0.15, 0.2) is 67.0 Å². The number of aromatic nitrogens is 1. The van der Waals surface area contributed by atoms with Crippen LogP contribution in [0.3, 0.4) is 0 Å². The molecule has 0 aliphatic carbocycles. The van der Waals surface area contributed by atoms with Crippen LogP contribution in [0.25, 0.3) is 0 Å². The number of carbonyl (C=O) groups excluding carboxylic acids is 1. The standard InChI is InChI=1S/C23H23ClN2O4/c1-2-28-22-15-18(3-8-21(22)30-16-17-9-11-25-12-10-17)23(27)26-13-14-29-20-6-4-19(24)5-7-20/h3-12,15H,2,13-14,16H2,1H3,(H,26,27). The van der Waals surface area contributed by atoms with Gasteiger partial charge in [0.1, 0.15) is 19.0 Å². The lowest BCUT2D eigenvalue weighted by Crippen LogP contribution is -2.28. The second kappa shape index (κ2) is 11.1. The Hall–Kier alpha value is -3.25. The van der Waals surface area contributed by atoms with E-state index in [9.17, 15) is 4.79 Å². The molecule has 0 radical (unpaired) electrons. The van der Waals surface area contributed by atoms with Gasteiger partial charge < -0.3 is 19.5 Å². The first-order valence-corrected chi connectivity index (χ1v) is 9.98. The van der Waals surface area contributed by atoms with Gasteiger partial charge in [0.05, 0.1) is 13.2 Å². The molecule has 3 rings (SSSR count). The van der Waals surface area contributed by atoms with Crippen LogP contribution in [0, 0.1) is 0 Å². The van der Waals surface area contributed by atoms with E-state index >= 15 is 0 Å². The molecule has 1 N–H and O–H groups in total. The Morgan fingerprint density at radius 2 is 1.73 bits per heavy atom. The van der Waals surface area contributed by atoms with Gasteiger partial charge in [0.15, 0.2) is 11.5 Å². The Bertz CT molecular complexity index is 949. The Morgan fingerprint density at radius 1 is 0.967 bits per heavy atom. The van der Waals surface area contributed by atoms with Gasteiger partial charge in [-0.2, -0.15) is 0 Å². The Balaban J connectivity index is 1.54. The highest BCUT2D eigenvalue weighted by atomic mass is 35.5. The number of nitrogens with one attached hydrogen (secondary N) is 1. The quantitative estimate of drug-likeness (QED) is 0.482. The zero-order chi connectivity index (χ0) is 21.2. The first kappa shape index (κ1) is 21.5. The highest BCUT2D eigenvalue weighted by Gasteiger charge is 2.12. The third-order valence-corrected chi connectivity index (χ3v) is 4.37. The summed E-state index contributed by atoms with van der Waals surface area (Å²) in [6.07, 6.45) is 3.43. The maximum absolute atomic E-state index is 12.5. The molecule has 0 saturated carbocycles. The molecular weight excluding hydrogens is 404 g/mol. The fourth-order valence-corrected chi connectivity index (χ4v) is 2.77. The van der Waals surface area contributed by atoms with Gasteiger partial charge in [-0.05, 0) is 67.1 Å². The molecule has 0 aliphatic heterocycles. The molecule has 1 amide bonds. The highest BCUT2D eigenvalue weighted by molar-refractivity contribution is 6.30. The van der Waals surface area contributed by atoms with Crippen molar-refractivity contribution in [3.8, 4) is 17.2 Å². The molecule has 0 unspecified atom stereocenters. The van der Waals surface area contributed by atoms with E-state index in [1.54, 1.807) is 54.9 Å². The number of hydrogen-bond acceptors (Lipinski definition) is 5. The average Bonchev–Trinajstić information content (AvgIpc) is 2.78. The fourth-order valence-electron chi connectivity index (χ4n) is 2.64. The van der Waals surface area contributed by atoms with Gasteiger partial charge in [-0.3, -0.25) is 9.78 Å². The first-order valence-electron chi connectivity index (χ1n) is 9.61. The molecule has 3 aromatic rings. The number of hydrogen-bond donors (Lipinski definition) is 1. The number of ether oxygens (including phenoxy) is 3. The zero-order valence-corrected chi connectivity index (χ0v) is 17.4. The molecule has 0 aliphatic rings. The van der Waals surface area contributed by atoms with Crippen LogP contribution in [0.4, 0.5) is 0 Å². The van der Waals surface area contributed by atoms with Gasteiger partial charge in [-0.15, -0.1) is 0 Å². The van der Waals surface area contributed by atoms with Crippen molar-refractivity contribution in [2.45, 2.75) is 13.5 Å². The maximum Gasteiger partial charge on any atom is 0.251 e. The third kappa shape index (κ3) is 6.39. The van der Waals surface area contributed by atoms with Crippen LogP contribution in [-0.2, 0) is 6.61 Å². The number of rotatable bonds is 10. The summed E-state index contributed by atoms with van der Waals surface area (Å²) in [5.74, 6) is 1.59. The SMILES string of the molecule is CCOc1cc(C(=O)NCCOc2ccc(Cl)cc2)ccc1OCc1ccncc1. The van der Waals surface area contributed by atoms with Gasteiger partial charge in [-0.1, -0.05) is 11.6 Å². The van der Waals surface area contributed by atoms with Crippen molar-refractivity contribution in [1.82, 2.24) is 10.3 Å². The van der Waals surface area contributed by atoms with Crippen LogP contribution in [0.1, 0.15) is 22.8 Å². The minimum Gasteiger partial charge on any atom is -0.492 e. The first-order chi connectivity index (χ1) is 14.7. The van der Waals surface area contributed by atoms with Crippen molar-refractivity contribution in [3.05, 3.63) is 83.1 Å². The summed E-state index contributed by atoms with van der Waals surface area (Å²) in [6, 6.07) is 16.0. The second-order valence-corrected chi connectivity index (χ2v) is 6.73. The van der Waals surface area contributed by atoms with Crippen molar-refractivity contribution in [3.63, 3.8) is 0 Å². The van der Waals surface area contributed by atoms with Crippen LogP contribution in [0.5, 0.6) is 17.2 Å². The molecule has 6 nitrogen and oxygen atoms in total. The van der Waals surface area contributed by atoms with Gasteiger partial charge in [0.2, 0.25) is 0 Å². The number of nitrogens with zero attached hydrogens (tertiary/aromatic N) is 1. The molecule has 30 heavy (non-hydrogen) atoms. The van der Waals surface area contributed by atoms with E-state index in [0.29, 0.717) is 54.2 Å². The van der Waals surface area contributed by atoms with Crippen LogP contribution in [-0.4, -0.2) is 30.6 Å². The molecule has 2 aromatic carbocycles. The van der Waals surface area contributed by atoms with Gasteiger partial charge in [0.25, 0.3) is 5.91 Å². The number of carbonyl (C=O) groups is 1. The summed E-state index contributed by atoms with van der Waals surface area (Å²) in [6.45, 7) is 3.44.